The Balaban J connectivity index is 1.58. The summed E-state index contributed by atoms with van der Waals surface area (Å²) in [5.74, 6) is 0.474. The van der Waals surface area contributed by atoms with Crippen LogP contribution in [0.1, 0.15) is 24.2 Å². The molecule has 2 fully saturated rings. The molecule has 0 bridgehead atoms. The Labute approximate surface area is 106 Å². The fourth-order valence-corrected chi connectivity index (χ4v) is 2.73. The number of aromatic nitrogens is 2. The minimum Gasteiger partial charge on any atom is -0.386 e. The monoisotopic (exact) mass is 249 g/mol. The summed E-state index contributed by atoms with van der Waals surface area (Å²) in [5.41, 5.74) is 1.34. The van der Waals surface area contributed by atoms with Gasteiger partial charge in [-0.2, -0.15) is 5.10 Å². The van der Waals surface area contributed by atoms with Gasteiger partial charge in [-0.05, 0) is 38.7 Å². The smallest absolute Gasteiger partial charge is 0.244 e. The molecule has 18 heavy (non-hydrogen) atoms. The standard InChI is InChI=1S/C13H19N3O2/c1-9-5-10(2)16(14-9)6-12(17)15-7-13(18,8-15)11-3-4-11/h5,11,18H,3-4,6-8H2,1-2H3. The molecule has 1 N–H and O–H groups in total. The number of aliphatic hydroxyl groups is 1. The van der Waals surface area contributed by atoms with Crippen LogP contribution in [0.4, 0.5) is 0 Å². The Bertz CT molecular complexity index is 484. The molecule has 1 amide bonds. The zero-order valence-electron chi connectivity index (χ0n) is 10.9. The van der Waals surface area contributed by atoms with Crippen LogP contribution in [0, 0.1) is 19.8 Å². The third-order valence-corrected chi connectivity index (χ3v) is 4.01. The van der Waals surface area contributed by atoms with E-state index in [1.807, 2.05) is 19.9 Å². The van der Waals surface area contributed by atoms with Crippen LogP contribution in [0.5, 0.6) is 0 Å². The zero-order chi connectivity index (χ0) is 12.9. The van der Waals surface area contributed by atoms with Crippen molar-refractivity contribution in [3.05, 3.63) is 17.5 Å². The van der Waals surface area contributed by atoms with Gasteiger partial charge in [-0.25, -0.2) is 0 Å². The fourth-order valence-electron chi connectivity index (χ4n) is 2.73. The largest absolute Gasteiger partial charge is 0.386 e. The van der Waals surface area contributed by atoms with Gasteiger partial charge in [-0.15, -0.1) is 0 Å². The summed E-state index contributed by atoms with van der Waals surface area (Å²) in [6, 6.07) is 1.96. The van der Waals surface area contributed by atoms with Gasteiger partial charge in [0.05, 0.1) is 18.8 Å². The number of carbonyl (C=O) groups excluding carboxylic acids is 1. The number of amides is 1. The first-order chi connectivity index (χ1) is 8.48. The van der Waals surface area contributed by atoms with Gasteiger partial charge in [-0.3, -0.25) is 9.48 Å². The van der Waals surface area contributed by atoms with Gasteiger partial charge in [0.15, 0.2) is 0 Å². The van der Waals surface area contributed by atoms with Crippen molar-refractivity contribution in [2.75, 3.05) is 13.1 Å². The number of carbonyl (C=O) groups is 1. The molecule has 0 spiro atoms. The number of aryl methyl sites for hydroxylation is 2. The second kappa shape index (κ2) is 3.82. The minimum absolute atomic E-state index is 0.0477. The molecule has 0 atom stereocenters. The Morgan fingerprint density at radius 3 is 2.67 bits per heavy atom. The van der Waals surface area contributed by atoms with Crippen molar-refractivity contribution in [2.24, 2.45) is 5.92 Å². The van der Waals surface area contributed by atoms with Crippen LogP contribution >= 0.6 is 0 Å². The topological polar surface area (TPSA) is 58.4 Å². The fraction of sp³-hybridized carbons (Fsp3) is 0.692. The molecule has 1 saturated heterocycles. The van der Waals surface area contributed by atoms with Crippen LogP contribution in [0.15, 0.2) is 6.07 Å². The number of nitrogens with zero attached hydrogens (tertiary/aromatic N) is 3. The molecule has 1 aromatic rings. The highest BCUT2D eigenvalue weighted by molar-refractivity contribution is 5.77. The highest BCUT2D eigenvalue weighted by Crippen LogP contribution is 2.44. The van der Waals surface area contributed by atoms with E-state index in [9.17, 15) is 9.90 Å². The minimum atomic E-state index is -0.593. The maximum absolute atomic E-state index is 12.0. The summed E-state index contributed by atoms with van der Waals surface area (Å²) in [6.45, 7) is 5.14. The third kappa shape index (κ3) is 1.92. The second-order valence-corrected chi connectivity index (χ2v) is 5.71. The van der Waals surface area contributed by atoms with Gasteiger partial charge in [0.25, 0.3) is 0 Å². The van der Waals surface area contributed by atoms with Gasteiger partial charge < -0.3 is 10.0 Å². The summed E-state index contributed by atoms with van der Waals surface area (Å²) in [6.07, 6.45) is 2.21. The molecule has 98 valence electrons. The van der Waals surface area contributed by atoms with E-state index in [0.29, 0.717) is 19.0 Å². The molecular formula is C13H19N3O2. The number of β-amino-alcohol motifs (C(OH)–C–C–N with tert-alkyl or cyclic N) is 1. The molecule has 5 nitrogen and oxygen atoms in total. The summed E-state index contributed by atoms with van der Waals surface area (Å²) in [4.78, 5) is 13.8. The van der Waals surface area contributed by atoms with Crippen molar-refractivity contribution in [3.63, 3.8) is 0 Å². The van der Waals surface area contributed by atoms with Crippen molar-refractivity contribution in [3.8, 4) is 0 Å². The highest BCUT2D eigenvalue weighted by Gasteiger charge is 2.53. The zero-order valence-corrected chi connectivity index (χ0v) is 10.9. The van der Waals surface area contributed by atoms with Crippen LogP contribution < -0.4 is 0 Å². The molecule has 5 heteroatoms. The van der Waals surface area contributed by atoms with Gasteiger partial charge in [0.2, 0.25) is 5.91 Å². The molecule has 0 radical (unpaired) electrons. The molecule has 2 heterocycles. The maximum Gasteiger partial charge on any atom is 0.244 e. The predicted molar refractivity (Wildman–Crippen MR) is 66.0 cm³/mol. The van der Waals surface area contributed by atoms with Crippen molar-refractivity contribution >= 4 is 5.91 Å². The second-order valence-electron chi connectivity index (χ2n) is 5.71. The van der Waals surface area contributed by atoms with Crippen molar-refractivity contribution in [2.45, 2.75) is 38.8 Å². The first-order valence-electron chi connectivity index (χ1n) is 6.49. The van der Waals surface area contributed by atoms with Gasteiger partial charge >= 0.3 is 0 Å². The molecule has 2 aliphatic rings. The van der Waals surface area contributed by atoms with Crippen LogP contribution in [-0.2, 0) is 11.3 Å². The van der Waals surface area contributed by atoms with Crippen molar-refractivity contribution < 1.29 is 9.90 Å². The molecule has 1 saturated carbocycles. The molecule has 1 aromatic heterocycles. The SMILES string of the molecule is Cc1cc(C)n(CC(=O)N2CC(O)(C3CC3)C2)n1. The first-order valence-corrected chi connectivity index (χ1v) is 6.49. The summed E-state index contributed by atoms with van der Waals surface area (Å²) >= 11 is 0. The number of likely N-dealkylation sites (tertiary alicyclic amines) is 1. The summed E-state index contributed by atoms with van der Waals surface area (Å²) in [7, 11) is 0. The quantitative estimate of drug-likeness (QED) is 0.848. The van der Waals surface area contributed by atoms with E-state index in [-0.39, 0.29) is 12.5 Å². The van der Waals surface area contributed by atoms with Crippen LogP contribution in [0.3, 0.4) is 0 Å². The number of rotatable bonds is 3. The van der Waals surface area contributed by atoms with Gasteiger partial charge in [0.1, 0.15) is 12.1 Å². The average Bonchev–Trinajstić information content (AvgIpc) is 3.03. The first kappa shape index (κ1) is 11.7. The van der Waals surface area contributed by atoms with E-state index in [1.165, 1.54) is 0 Å². The van der Waals surface area contributed by atoms with Crippen LogP contribution in [0.2, 0.25) is 0 Å². The lowest BCUT2D eigenvalue weighted by molar-refractivity contribution is -0.160. The normalized spacial score (nSPS) is 21.8. The summed E-state index contributed by atoms with van der Waals surface area (Å²) < 4.78 is 1.73. The van der Waals surface area contributed by atoms with Crippen molar-refractivity contribution in [1.29, 1.82) is 0 Å². The predicted octanol–water partition coefficient (Wildman–Crippen LogP) is 0.483. The van der Waals surface area contributed by atoms with E-state index in [1.54, 1.807) is 9.58 Å². The highest BCUT2D eigenvalue weighted by atomic mass is 16.3. The van der Waals surface area contributed by atoms with Crippen LogP contribution in [0.25, 0.3) is 0 Å². The van der Waals surface area contributed by atoms with Gasteiger partial charge in [-0.1, -0.05) is 0 Å². The Hall–Kier alpha value is -1.36. The van der Waals surface area contributed by atoms with E-state index in [4.69, 9.17) is 0 Å². The lowest BCUT2D eigenvalue weighted by Gasteiger charge is -2.47. The Kier molecular flexibility index (Phi) is 2.48. The van der Waals surface area contributed by atoms with Crippen molar-refractivity contribution in [1.82, 2.24) is 14.7 Å². The Morgan fingerprint density at radius 1 is 1.50 bits per heavy atom. The average molecular weight is 249 g/mol. The van der Waals surface area contributed by atoms with Crippen LogP contribution in [-0.4, -0.2) is 44.4 Å². The molecular weight excluding hydrogens is 230 g/mol. The molecule has 0 aromatic carbocycles. The number of hydrogen-bond acceptors (Lipinski definition) is 3. The lowest BCUT2D eigenvalue weighted by atomic mass is 9.89. The summed E-state index contributed by atoms with van der Waals surface area (Å²) in [5, 5.41) is 14.5. The van der Waals surface area contributed by atoms with E-state index >= 15 is 0 Å². The number of hydrogen-bond donors (Lipinski definition) is 1. The molecule has 0 unspecified atom stereocenters. The van der Waals surface area contributed by atoms with E-state index in [2.05, 4.69) is 5.10 Å². The molecule has 1 aliphatic carbocycles. The van der Waals surface area contributed by atoms with E-state index < -0.39 is 5.60 Å². The third-order valence-electron chi connectivity index (χ3n) is 4.01. The maximum atomic E-state index is 12.0. The molecule has 3 rings (SSSR count). The molecule has 1 aliphatic heterocycles. The van der Waals surface area contributed by atoms with Gasteiger partial charge in [0, 0.05) is 5.69 Å². The lowest BCUT2D eigenvalue weighted by Crippen LogP contribution is -2.65. The Morgan fingerprint density at radius 2 is 2.17 bits per heavy atom. The van der Waals surface area contributed by atoms with E-state index in [0.717, 1.165) is 24.2 Å².